The van der Waals surface area contributed by atoms with Gasteiger partial charge in [0.25, 0.3) is 5.56 Å². The Hall–Kier alpha value is -2.34. The van der Waals surface area contributed by atoms with Crippen LogP contribution >= 0.6 is 11.3 Å². The van der Waals surface area contributed by atoms with Crippen LogP contribution in [0.3, 0.4) is 0 Å². The zero-order chi connectivity index (χ0) is 23.1. The van der Waals surface area contributed by atoms with Gasteiger partial charge < -0.3 is 15.0 Å². The molecule has 0 atom stereocenters. The van der Waals surface area contributed by atoms with E-state index < -0.39 is 36.0 Å². The van der Waals surface area contributed by atoms with Gasteiger partial charge in [-0.2, -0.15) is 13.2 Å². The molecule has 0 bridgehead atoms. The number of rotatable bonds is 7. The number of thiophene rings is 1. The van der Waals surface area contributed by atoms with E-state index >= 15 is 0 Å². The van der Waals surface area contributed by atoms with E-state index in [0.717, 1.165) is 20.5 Å². The lowest BCUT2D eigenvalue weighted by molar-refractivity contribution is -0.136. The molecule has 1 saturated heterocycles. The highest BCUT2D eigenvalue weighted by Gasteiger charge is 2.30. The molecular formula is C19H25F3N4O4S. The van der Waals surface area contributed by atoms with Crippen molar-refractivity contribution >= 4 is 27.6 Å². The van der Waals surface area contributed by atoms with Crippen molar-refractivity contribution in [3.8, 4) is 0 Å². The van der Waals surface area contributed by atoms with Crippen LogP contribution in [0, 0.1) is 6.92 Å². The number of fused-ring (bicyclic) bond motifs is 1. The number of carbonyl (C=O) groups is 1. The molecule has 3 rings (SSSR count). The van der Waals surface area contributed by atoms with Gasteiger partial charge in [0.1, 0.15) is 4.83 Å². The first-order valence-electron chi connectivity index (χ1n) is 9.75. The van der Waals surface area contributed by atoms with Crippen LogP contribution in [-0.2, 0) is 24.4 Å². The van der Waals surface area contributed by atoms with Crippen molar-refractivity contribution in [2.45, 2.75) is 58.6 Å². The molecule has 12 heteroatoms. The number of nitrogens with one attached hydrogen (secondary N) is 1. The summed E-state index contributed by atoms with van der Waals surface area (Å²) in [5.74, 6) is 0. The van der Waals surface area contributed by atoms with Gasteiger partial charge in [-0.1, -0.05) is 0 Å². The Balaban J connectivity index is 2.19. The van der Waals surface area contributed by atoms with Crippen molar-refractivity contribution in [1.82, 2.24) is 19.4 Å². The minimum absolute atomic E-state index is 0.109. The Morgan fingerprint density at radius 2 is 1.84 bits per heavy atom. The molecule has 31 heavy (non-hydrogen) atoms. The number of alkyl halides is 3. The van der Waals surface area contributed by atoms with Crippen LogP contribution in [0.15, 0.2) is 9.59 Å². The number of aromatic nitrogens is 2. The van der Waals surface area contributed by atoms with E-state index in [2.05, 4.69) is 5.32 Å². The monoisotopic (exact) mass is 462 g/mol. The Bertz CT molecular complexity index is 1120. The molecule has 172 valence electrons. The third kappa shape index (κ3) is 4.79. The van der Waals surface area contributed by atoms with Gasteiger partial charge in [0.05, 0.1) is 30.5 Å². The number of ether oxygens (including phenoxy) is 1. The predicted octanol–water partition coefficient (Wildman–Crippen LogP) is 2.44. The number of carbonyl (C=O) groups excluding carboxylic acids is 1. The molecule has 1 N–H and O–H groups in total. The number of halogens is 3. The highest BCUT2D eigenvalue weighted by atomic mass is 32.1. The molecule has 8 nitrogen and oxygen atoms in total. The second-order valence-corrected chi connectivity index (χ2v) is 9.22. The van der Waals surface area contributed by atoms with Gasteiger partial charge >= 0.3 is 17.9 Å². The SMILES string of the molecule is COC(C)(C)Cn1c(=O)c2c(C)c(CN3CCNC3=O)sc2n(CCC(F)(F)F)c1=O. The highest BCUT2D eigenvalue weighted by molar-refractivity contribution is 7.18. The second kappa shape index (κ2) is 8.30. The Kier molecular flexibility index (Phi) is 6.25. The number of amides is 2. The molecule has 2 amide bonds. The van der Waals surface area contributed by atoms with Crippen molar-refractivity contribution < 1.29 is 22.7 Å². The van der Waals surface area contributed by atoms with E-state index in [-0.39, 0.29) is 29.3 Å². The topological polar surface area (TPSA) is 85.6 Å². The Morgan fingerprint density at radius 3 is 2.39 bits per heavy atom. The van der Waals surface area contributed by atoms with Gasteiger partial charge in [0.15, 0.2) is 0 Å². The second-order valence-electron chi connectivity index (χ2n) is 8.14. The van der Waals surface area contributed by atoms with Crippen molar-refractivity contribution in [3.63, 3.8) is 0 Å². The lowest BCUT2D eigenvalue weighted by atomic mass is 10.1. The van der Waals surface area contributed by atoms with E-state index in [1.165, 1.54) is 7.11 Å². The quantitative estimate of drug-likeness (QED) is 0.685. The standard InChI is InChI=1S/C19H25F3N4O4S/c1-11-12(9-24-8-6-23-16(24)28)31-15-13(11)14(27)26(10-18(2,3)30-4)17(29)25(15)7-5-19(20,21)22/h5-10H2,1-4H3,(H,23,28). The molecule has 0 radical (unpaired) electrons. The number of urea groups is 1. The number of aryl methyl sites for hydroxylation is 2. The van der Waals surface area contributed by atoms with Crippen LogP contribution in [0.4, 0.5) is 18.0 Å². The lowest BCUT2D eigenvalue weighted by Gasteiger charge is -2.24. The molecule has 1 aliphatic heterocycles. The predicted molar refractivity (Wildman–Crippen MR) is 111 cm³/mol. The van der Waals surface area contributed by atoms with Gasteiger partial charge in [0, 0.05) is 31.6 Å². The first-order chi connectivity index (χ1) is 14.3. The molecule has 0 aliphatic carbocycles. The third-order valence-corrected chi connectivity index (χ3v) is 6.68. The molecule has 3 heterocycles. The maximum Gasteiger partial charge on any atom is 0.390 e. The van der Waals surface area contributed by atoms with E-state index in [1.54, 1.807) is 25.7 Å². The summed E-state index contributed by atoms with van der Waals surface area (Å²) in [6.45, 7) is 5.54. The van der Waals surface area contributed by atoms with Crippen LogP contribution in [0.1, 0.15) is 30.7 Å². The van der Waals surface area contributed by atoms with Crippen LogP contribution in [0.5, 0.6) is 0 Å². The lowest BCUT2D eigenvalue weighted by Crippen LogP contribution is -2.45. The van der Waals surface area contributed by atoms with Crippen LogP contribution in [-0.4, -0.2) is 52.0 Å². The maximum absolute atomic E-state index is 13.2. The summed E-state index contributed by atoms with van der Waals surface area (Å²) in [5, 5.41) is 2.89. The number of hydrogen-bond acceptors (Lipinski definition) is 5. The van der Waals surface area contributed by atoms with Gasteiger partial charge in [0.2, 0.25) is 0 Å². The largest absolute Gasteiger partial charge is 0.390 e. The Morgan fingerprint density at radius 1 is 1.16 bits per heavy atom. The molecule has 0 unspecified atom stereocenters. The van der Waals surface area contributed by atoms with E-state index in [9.17, 15) is 27.6 Å². The van der Waals surface area contributed by atoms with Crippen molar-refractivity contribution in [1.29, 1.82) is 0 Å². The third-order valence-electron chi connectivity index (χ3n) is 5.38. The fourth-order valence-corrected chi connectivity index (χ4v) is 4.78. The summed E-state index contributed by atoms with van der Waals surface area (Å²) in [4.78, 5) is 40.6. The number of hydrogen-bond donors (Lipinski definition) is 1. The molecule has 2 aromatic rings. The molecule has 2 aromatic heterocycles. The summed E-state index contributed by atoms with van der Waals surface area (Å²) in [7, 11) is 1.43. The Labute approximate surface area is 180 Å². The van der Waals surface area contributed by atoms with Gasteiger partial charge in [-0.05, 0) is 26.3 Å². The van der Waals surface area contributed by atoms with Crippen LogP contribution < -0.4 is 16.6 Å². The van der Waals surface area contributed by atoms with E-state index in [0.29, 0.717) is 23.5 Å². The summed E-state index contributed by atoms with van der Waals surface area (Å²) in [6, 6.07) is -0.245. The fourth-order valence-electron chi connectivity index (χ4n) is 3.45. The van der Waals surface area contributed by atoms with E-state index in [4.69, 9.17) is 4.74 Å². The zero-order valence-electron chi connectivity index (χ0n) is 17.8. The summed E-state index contributed by atoms with van der Waals surface area (Å²) < 4.78 is 46.0. The highest BCUT2D eigenvalue weighted by Crippen LogP contribution is 2.30. The van der Waals surface area contributed by atoms with Crippen LogP contribution in [0.2, 0.25) is 0 Å². The smallest absolute Gasteiger partial charge is 0.377 e. The fraction of sp³-hybridized carbons (Fsp3) is 0.632. The zero-order valence-corrected chi connectivity index (χ0v) is 18.6. The molecular weight excluding hydrogens is 437 g/mol. The minimum atomic E-state index is -4.46. The average Bonchev–Trinajstić information content (AvgIpc) is 3.21. The summed E-state index contributed by atoms with van der Waals surface area (Å²) >= 11 is 1.08. The van der Waals surface area contributed by atoms with Gasteiger partial charge in [-0.3, -0.25) is 13.9 Å². The van der Waals surface area contributed by atoms with Crippen LogP contribution in [0.25, 0.3) is 10.2 Å². The molecule has 0 saturated carbocycles. The number of methoxy groups -OCH3 is 1. The van der Waals surface area contributed by atoms with Crippen molar-refractivity contribution in [3.05, 3.63) is 31.3 Å². The van der Waals surface area contributed by atoms with Gasteiger partial charge in [-0.15, -0.1) is 11.3 Å². The van der Waals surface area contributed by atoms with Gasteiger partial charge in [-0.25, -0.2) is 9.59 Å². The first-order valence-corrected chi connectivity index (χ1v) is 10.6. The van der Waals surface area contributed by atoms with Crippen molar-refractivity contribution in [2.75, 3.05) is 20.2 Å². The molecule has 0 spiro atoms. The molecule has 1 aliphatic rings. The first kappa shape index (κ1) is 23.3. The average molecular weight is 462 g/mol. The molecule has 1 fully saturated rings. The summed E-state index contributed by atoms with van der Waals surface area (Å²) in [5.41, 5.74) is -1.69. The number of nitrogens with zero attached hydrogens (tertiary/aromatic N) is 3. The molecule has 0 aromatic carbocycles. The summed E-state index contributed by atoms with van der Waals surface area (Å²) in [6.07, 6.45) is -5.66. The minimum Gasteiger partial charge on any atom is -0.377 e. The van der Waals surface area contributed by atoms with E-state index in [1.807, 2.05) is 0 Å². The maximum atomic E-state index is 13.2. The van der Waals surface area contributed by atoms with Crippen molar-refractivity contribution in [2.24, 2.45) is 0 Å². The normalized spacial score (nSPS) is 15.2.